The number of carbonyl (C=O) groups is 1. The van der Waals surface area contributed by atoms with E-state index in [1.807, 2.05) is 32.9 Å². The van der Waals surface area contributed by atoms with Crippen molar-refractivity contribution in [3.05, 3.63) is 34.3 Å². The van der Waals surface area contributed by atoms with Crippen molar-refractivity contribution in [3.63, 3.8) is 0 Å². The van der Waals surface area contributed by atoms with Gasteiger partial charge in [-0.25, -0.2) is 4.68 Å². The number of carbonyl (C=O) groups excluding carboxylic acids is 1. The normalized spacial score (nSPS) is 11.0. The Balaban J connectivity index is 2.64. The molecule has 0 unspecified atom stereocenters. The molecule has 2 N–H and O–H groups in total. The molecule has 0 aliphatic rings. The highest BCUT2D eigenvalue weighted by atomic mass is 35.5. The molecule has 2 aromatic rings. The van der Waals surface area contributed by atoms with Crippen molar-refractivity contribution < 1.29 is 4.79 Å². The molecular weight excluding hydrogens is 262 g/mol. The Morgan fingerprint density at radius 2 is 2.11 bits per heavy atom. The van der Waals surface area contributed by atoms with Crippen LogP contribution in [0.3, 0.4) is 0 Å². The van der Waals surface area contributed by atoms with Crippen LogP contribution >= 0.6 is 11.6 Å². The highest BCUT2D eigenvalue weighted by Crippen LogP contribution is 2.30. The Morgan fingerprint density at radius 3 is 2.63 bits per heavy atom. The third kappa shape index (κ3) is 2.36. The lowest BCUT2D eigenvalue weighted by atomic mass is 10.1. The number of nitrogens with zero attached hydrogens (tertiary/aromatic N) is 2. The number of hydrogen-bond donors (Lipinski definition) is 1. The first-order valence-corrected chi connectivity index (χ1v) is 6.43. The van der Waals surface area contributed by atoms with Crippen LogP contribution in [0.25, 0.3) is 11.3 Å². The fraction of sp³-hybridized carbons (Fsp3) is 0.286. The largest absolute Gasteiger partial charge is 0.383 e. The molecule has 0 saturated carbocycles. The minimum absolute atomic E-state index is 0.0980. The number of aryl methyl sites for hydroxylation is 1. The summed E-state index contributed by atoms with van der Waals surface area (Å²) in [5.74, 6) is 0.396. The Labute approximate surface area is 117 Å². The van der Waals surface area contributed by atoms with Crippen LogP contribution in [0.1, 0.15) is 35.8 Å². The second-order valence-electron chi connectivity index (χ2n) is 4.77. The van der Waals surface area contributed by atoms with Crippen molar-refractivity contribution in [2.24, 2.45) is 0 Å². The number of rotatable bonds is 3. The van der Waals surface area contributed by atoms with E-state index in [0.717, 1.165) is 17.4 Å². The van der Waals surface area contributed by atoms with Crippen molar-refractivity contribution in [2.75, 3.05) is 5.73 Å². The van der Waals surface area contributed by atoms with Crippen LogP contribution in [0.5, 0.6) is 0 Å². The molecule has 0 bridgehead atoms. The van der Waals surface area contributed by atoms with Gasteiger partial charge in [0.15, 0.2) is 6.29 Å². The zero-order valence-electron chi connectivity index (χ0n) is 11.1. The van der Waals surface area contributed by atoms with Crippen molar-refractivity contribution in [2.45, 2.75) is 26.8 Å². The summed E-state index contributed by atoms with van der Waals surface area (Å²) in [5, 5.41) is 5.13. The third-order valence-electron chi connectivity index (χ3n) is 3.02. The van der Waals surface area contributed by atoms with E-state index in [1.165, 1.54) is 0 Å². The lowest BCUT2D eigenvalue weighted by Crippen LogP contribution is -2.07. The van der Waals surface area contributed by atoms with Crippen molar-refractivity contribution in [3.8, 4) is 11.3 Å². The first-order chi connectivity index (χ1) is 8.95. The van der Waals surface area contributed by atoms with Crippen LogP contribution in [-0.4, -0.2) is 16.1 Å². The SMILES string of the molecule is Cc1cc(-c2nn(C(C)C)c(N)c2C=O)ccc1Cl. The molecule has 0 aliphatic heterocycles. The van der Waals surface area contributed by atoms with Gasteiger partial charge in [0, 0.05) is 16.6 Å². The molecule has 0 fully saturated rings. The van der Waals surface area contributed by atoms with E-state index in [2.05, 4.69) is 5.10 Å². The number of nitrogens with two attached hydrogens (primary N) is 1. The molecule has 0 saturated heterocycles. The van der Waals surface area contributed by atoms with Gasteiger partial charge >= 0.3 is 0 Å². The summed E-state index contributed by atoms with van der Waals surface area (Å²) in [6, 6.07) is 5.64. The third-order valence-corrected chi connectivity index (χ3v) is 3.45. The van der Waals surface area contributed by atoms with E-state index in [0.29, 0.717) is 22.1 Å². The summed E-state index contributed by atoms with van der Waals surface area (Å²) in [5.41, 5.74) is 8.77. The molecule has 1 heterocycles. The van der Waals surface area contributed by atoms with E-state index in [1.54, 1.807) is 10.7 Å². The van der Waals surface area contributed by atoms with Gasteiger partial charge in [0.2, 0.25) is 0 Å². The Kier molecular flexibility index (Phi) is 3.62. The predicted molar refractivity (Wildman–Crippen MR) is 77.6 cm³/mol. The molecule has 2 rings (SSSR count). The first-order valence-electron chi connectivity index (χ1n) is 6.05. The highest BCUT2D eigenvalue weighted by molar-refractivity contribution is 6.31. The summed E-state index contributed by atoms with van der Waals surface area (Å²) >= 11 is 6.01. The smallest absolute Gasteiger partial charge is 0.156 e. The minimum Gasteiger partial charge on any atom is -0.383 e. The molecule has 1 aromatic carbocycles. The number of halogens is 1. The molecular formula is C14H16ClN3O. The van der Waals surface area contributed by atoms with Gasteiger partial charge in [-0.05, 0) is 38.5 Å². The van der Waals surface area contributed by atoms with E-state index in [4.69, 9.17) is 17.3 Å². The van der Waals surface area contributed by atoms with E-state index >= 15 is 0 Å². The fourth-order valence-electron chi connectivity index (χ4n) is 1.98. The number of nitrogen functional groups attached to an aromatic ring is 1. The van der Waals surface area contributed by atoms with Crippen LogP contribution in [0.4, 0.5) is 5.82 Å². The van der Waals surface area contributed by atoms with Gasteiger partial charge in [-0.3, -0.25) is 4.79 Å². The molecule has 0 spiro atoms. The molecule has 5 heteroatoms. The molecule has 0 aliphatic carbocycles. The van der Waals surface area contributed by atoms with Gasteiger partial charge in [0.1, 0.15) is 11.5 Å². The predicted octanol–water partition coefficient (Wildman–Crippen LogP) is 3.49. The minimum atomic E-state index is 0.0980. The van der Waals surface area contributed by atoms with Gasteiger partial charge in [-0.15, -0.1) is 0 Å². The molecule has 0 atom stereocenters. The summed E-state index contributed by atoms with van der Waals surface area (Å²) < 4.78 is 1.66. The van der Waals surface area contributed by atoms with Gasteiger partial charge in [-0.1, -0.05) is 17.7 Å². The maximum atomic E-state index is 11.2. The van der Waals surface area contributed by atoms with E-state index in [-0.39, 0.29) is 6.04 Å². The average molecular weight is 278 g/mol. The monoisotopic (exact) mass is 277 g/mol. The van der Waals surface area contributed by atoms with E-state index < -0.39 is 0 Å². The lowest BCUT2D eigenvalue weighted by molar-refractivity contribution is 0.112. The van der Waals surface area contributed by atoms with Crippen molar-refractivity contribution in [1.82, 2.24) is 9.78 Å². The van der Waals surface area contributed by atoms with Gasteiger partial charge in [-0.2, -0.15) is 5.10 Å². The van der Waals surface area contributed by atoms with Crippen molar-refractivity contribution >= 4 is 23.7 Å². The molecule has 0 amide bonds. The number of anilines is 1. The molecule has 4 nitrogen and oxygen atoms in total. The molecule has 19 heavy (non-hydrogen) atoms. The standard InChI is InChI=1S/C14H16ClN3O/c1-8(2)18-14(16)11(7-19)13(17-18)10-4-5-12(15)9(3)6-10/h4-8H,16H2,1-3H3. The fourth-order valence-corrected chi connectivity index (χ4v) is 2.09. The molecule has 1 aromatic heterocycles. The van der Waals surface area contributed by atoms with Gasteiger partial charge in [0.05, 0.1) is 5.56 Å². The summed E-state index contributed by atoms with van der Waals surface area (Å²) in [7, 11) is 0. The average Bonchev–Trinajstić information content (AvgIpc) is 2.70. The van der Waals surface area contributed by atoms with Crippen LogP contribution in [0, 0.1) is 6.92 Å². The second-order valence-corrected chi connectivity index (χ2v) is 5.17. The molecule has 0 radical (unpaired) electrons. The maximum Gasteiger partial charge on any atom is 0.156 e. The second kappa shape index (κ2) is 5.05. The molecule has 100 valence electrons. The van der Waals surface area contributed by atoms with Crippen LogP contribution in [-0.2, 0) is 0 Å². The first kappa shape index (κ1) is 13.6. The number of benzene rings is 1. The Morgan fingerprint density at radius 1 is 1.42 bits per heavy atom. The highest BCUT2D eigenvalue weighted by Gasteiger charge is 2.18. The lowest BCUT2D eigenvalue weighted by Gasteiger charge is -2.06. The number of hydrogen-bond acceptors (Lipinski definition) is 3. The Hall–Kier alpha value is -1.81. The zero-order chi connectivity index (χ0) is 14.2. The summed E-state index contributed by atoms with van der Waals surface area (Å²) in [4.78, 5) is 11.2. The van der Waals surface area contributed by atoms with Gasteiger partial charge in [0.25, 0.3) is 0 Å². The number of aromatic nitrogens is 2. The van der Waals surface area contributed by atoms with Gasteiger partial charge < -0.3 is 5.73 Å². The van der Waals surface area contributed by atoms with E-state index in [9.17, 15) is 4.79 Å². The van der Waals surface area contributed by atoms with Crippen LogP contribution in [0.2, 0.25) is 5.02 Å². The van der Waals surface area contributed by atoms with Crippen LogP contribution in [0.15, 0.2) is 18.2 Å². The topological polar surface area (TPSA) is 60.9 Å². The summed E-state index contributed by atoms with van der Waals surface area (Å²) in [6.45, 7) is 5.85. The van der Waals surface area contributed by atoms with Crippen molar-refractivity contribution in [1.29, 1.82) is 0 Å². The number of aldehydes is 1. The quantitative estimate of drug-likeness (QED) is 0.874. The Bertz CT molecular complexity index is 632. The summed E-state index contributed by atoms with van der Waals surface area (Å²) in [6.07, 6.45) is 0.750. The van der Waals surface area contributed by atoms with Crippen LogP contribution < -0.4 is 5.73 Å². The maximum absolute atomic E-state index is 11.2. The zero-order valence-corrected chi connectivity index (χ0v) is 11.9.